The molecule has 3 N–H and O–H groups in total. The third-order valence-corrected chi connectivity index (χ3v) is 5.39. The molecule has 28 heavy (non-hydrogen) atoms. The Balaban J connectivity index is 1.73. The Kier molecular flexibility index (Phi) is 6.57. The number of carbonyl (C=O) groups excluding carboxylic acids is 2. The number of nitrogens with one attached hydrogen (secondary N) is 2. The van der Waals surface area contributed by atoms with Crippen molar-refractivity contribution in [2.75, 3.05) is 0 Å². The molecule has 5 nitrogen and oxygen atoms in total. The van der Waals surface area contributed by atoms with Crippen molar-refractivity contribution in [2.45, 2.75) is 25.8 Å². The minimum atomic E-state index is -0.941. The maximum atomic E-state index is 12.6. The Morgan fingerprint density at radius 3 is 2.18 bits per heavy atom. The Morgan fingerprint density at radius 2 is 1.64 bits per heavy atom. The van der Waals surface area contributed by atoms with Crippen molar-refractivity contribution in [2.24, 2.45) is 0 Å². The average molecular weight is 394 g/mol. The number of hydrogen-bond donors (Lipinski definition) is 3. The molecule has 3 aromatic rings. The zero-order valence-corrected chi connectivity index (χ0v) is 16.3. The molecule has 6 heteroatoms. The molecule has 3 rings (SSSR count). The van der Waals surface area contributed by atoms with Crippen LogP contribution in [0.2, 0.25) is 0 Å². The van der Waals surface area contributed by atoms with Crippen molar-refractivity contribution >= 4 is 23.2 Å². The van der Waals surface area contributed by atoms with Crippen LogP contribution in [0.5, 0.6) is 0 Å². The largest absolute Gasteiger partial charge is 0.336 e. The summed E-state index contributed by atoms with van der Waals surface area (Å²) in [7, 11) is 0. The summed E-state index contributed by atoms with van der Waals surface area (Å²) in [6.07, 6.45) is 2.18. The maximum Gasteiger partial charge on any atom is 0.271 e. The van der Waals surface area contributed by atoms with Gasteiger partial charge in [-0.1, -0.05) is 55.8 Å². The van der Waals surface area contributed by atoms with E-state index >= 15 is 0 Å². The van der Waals surface area contributed by atoms with E-state index in [4.69, 9.17) is 5.21 Å². The molecule has 0 aliphatic rings. The fourth-order valence-electron chi connectivity index (χ4n) is 2.97. The first-order valence-electron chi connectivity index (χ1n) is 9.10. The lowest BCUT2D eigenvalue weighted by atomic mass is 10.0. The van der Waals surface area contributed by atoms with Gasteiger partial charge in [-0.05, 0) is 46.7 Å². The van der Waals surface area contributed by atoms with E-state index in [1.807, 2.05) is 12.1 Å². The van der Waals surface area contributed by atoms with Crippen molar-refractivity contribution in [3.63, 3.8) is 0 Å². The molecule has 0 saturated heterocycles. The Labute approximate surface area is 168 Å². The highest BCUT2D eigenvalue weighted by atomic mass is 32.1. The highest BCUT2D eigenvalue weighted by Crippen LogP contribution is 2.22. The van der Waals surface area contributed by atoms with Gasteiger partial charge in [-0.25, -0.2) is 5.48 Å². The molecule has 1 unspecified atom stereocenters. The number of thiophene rings is 1. The maximum absolute atomic E-state index is 12.6. The molecular weight excluding hydrogens is 372 g/mol. The molecule has 0 bridgehead atoms. The normalized spacial score (nSPS) is 11.6. The van der Waals surface area contributed by atoms with Crippen LogP contribution >= 0.6 is 11.3 Å². The summed E-state index contributed by atoms with van der Waals surface area (Å²) in [6, 6.07) is 18.2. The molecule has 0 fully saturated rings. The second kappa shape index (κ2) is 9.30. The summed E-state index contributed by atoms with van der Waals surface area (Å²) in [6.45, 7) is 2.16. The predicted octanol–water partition coefficient (Wildman–Crippen LogP) is 4.34. The van der Waals surface area contributed by atoms with Crippen LogP contribution in [0, 0.1) is 0 Å². The summed E-state index contributed by atoms with van der Waals surface area (Å²) in [5, 5.41) is 13.4. The third kappa shape index (κ3) is 4.65. The summed E-state index contributed by atoms with van der Waals surface area (Å²) in [4.78, 5) is 25.1. The molecule has 0 radical (unpaired) electrons. The van der Waals surface area contributed by atoms with Gasteiger partial charge in [-0.2, -0.15) is 0 Å². The quantitative estimate of drug-likeness (QED) is 0.412. The van der Waals surface area contributed by atoms with Gasteiger partial charge in [0.25, 0.3) is 11.8 Å². The Bertz CT molecular complexity index is 919. The monoisotopic (exact) mass is 394 g/mol. The van der Waals surface area contributed by atoms with E-state index in [9.17, 15) is 9.59 Å². The first-order valence-corrected chi connectivity index (χ1v) is 9.98. The molecule has 1 heterocycles. The average Bonchev–Trinajstić information content (AvgIpc) is 3.27. The van der Waals surface area contributed by atoms with Crippen molar-refractivity contribution in [1.29, 1.82) is 0 Å². The summed E-state index contributed by atoms with van der Waals surface area (Å²) >= 11 is 1.33. The zero-order valence-electron chi connectivity index (χ0n) is 15.5. The van der Waals surface area contributed by atoms with Crippen LogP contribution in [0.15, 0.2) is 66.0 Å². The van der Waals surface area contributed by atoms with Crippen LogP contribution < -0.4 is 10.8 Å². The van der Waals surface area contributed by atoms with E-state index in [1.54, 1.807) is 35.1 Å². The van der Waals surface area contributed by atoms with Crippen molar-refractivity contribution in [3.05, 3.63) is 82.0 Å². The van der Waals surface area contributed by atoms with Crippen LogP contribution in [0.1, 0.15) is 40.2 Å². The first kappa shape index (κ1) is 19.8. The molecular formula is C22H22N2O3S. The standard InChI is InChI=1S/C22H22N2O3S/c1-2-4-15-6-8-16(9-7-15)17-10-12-18(13-11-17)21(25)23-20(22(26)24-27)19-5-3-14-28-19/h3,5-14,20,27H,2,4H2,1H3,(H,23,25)(H,24,26). The number of amides is 2. The summed E-state index contributed by atoms with van der Waals surface area (Å²) < 4.78 is 0. The van der Waals surface area contributed by atoms with Crippen molar-refractivity contribution < 1.29 is 14.8 Å². The van der Waals surface area contributed by atoms with Gasteiger partial charge in [0.15, 0.2) is 0 Å². The van der Waals surface area contributed by atoms with E-state index in [0.29, 0.717) is 10.4 Å². The smallest absolute Gasteiger partial charge is 0.271 e. The predicted molar refractivity (Wildman–Crippen MR) is 110 cm³/mol. The first-order chi connectivity index (χ1) is 13.6. The summed E-state index contributed by atoms with van der Waals surface area (Å²) in [5.41, 5.74) is 5.46. The van der Waals surface area contributed by atoms with E-state index in [-0.39, 0.29) is 5.91 Å². The van der Waals surface area contributed by atoms with E-state index in [2.05, 4.69) is 36.5 Å². The molecule has 0 aliphatic carbocycles. The lowest BCUT2D eigenvalue weighted by molar-refractivity contribution is -0.131. The van der Waals surface area contributed by atoms with Crippen LogP contribution in [-0.4, -0.2) is 17.0 Å². The molecule has 2 amide bonds. The third-order valence-electron chi connectivity index (χ3n) is 4.45. The van der Waals surface area contributed by atoms with Crippen LogP contribution in [-0.2, 0) is 11.2 Å². The molecule has 1 aromatic heterocycles. The van der Waals surface area contributed by atoms with Crippen LogP contribution in [0.25, 0.3) is 11.1 Å². The fraction of sp³-hybridized carbons (Fsp3) is 0.182. The van der Waals surface area contributed by atoms with E-state index in [1.165, 1.54) is 16.9 Å². The highest BCUT2D eigenvalue weighted by Gasteiger charge is 2.23. The topological polar surface area (TPSA) is 78.4 Å². The molecule has 1 atom stereocenters. The van der Waals surface area contributed by atoms with Gasteiger partial charge in [0.2, 0.25) is 0 Å². The number of aryl methyl sites for hydroxylation is 1. The number of rotatable bonds is 7. The van der Waals surface area contributed by atoms with Gasteiger partial charge in [-0.3, -0.25) is 14.8 Å². The Hall–Kier alpha value is -2.96. The molecule has 144 valence electrons. The van der Waals surface area contributed by atoms with Crippen LogP contribution in [0.3, 0.4) is 0 Å². The zero-order chi connectivity index (χ0) is 19.9. The second-order valence-electron chi connectivity index (χ2n) is 6.42. The lowest BCUT2D eigenvalue weighted by Gasteiger charge is -2.15. The second-order valence-corrected chi connectivity index (χ2v) is 7.40. The number of hydrogen-bond acceptors (Lipinski definition) is 4. The van der Waals surface area contributed by atoms with E-state index < -0.39 is 11.9 Å². The summed E-state index contributed by atoms with van der Waals surface area (Å²) in [5.74, 6) is -1.06. The van der Waals surface area contributed by atoms with Gasteiger partial charge >= 0.3 is 0 Å². The van der Waals surface area contributed by atoms with E-state index in [0.717, 1.165) is 24.0 Å². The molecule has 0 spiro atoms. The number of carbonyl (C=O) groups is 2. The van der Waals surface area contributed by atoms with Gasteiger partial charge < -0.3 is 5.32 Å². The minimum Gasteiger partial charge on any atom is -0.336 e. The van der Waals surface area contributed by atoms with Gasteiger partial charge in [0.05, 0.1) is 0 Å². The fourth-order valence-corrected chi connectivity index (χ4v) is 3.74. The minimum absolute atomic E-state index is 0.383. The van der Waals surface area contributed by atoms with Crippen molar-refractivity contribution in [3.8, 4) is 11.1 Å². The molecule has 2 aromatic carbocycles. The van der Waals surface area contributed by atoms with Gasteiger partial charge in [0.1, 0.15) is 6.04 Å². The van der Waals surface area contributed by atoms with Gasteiger partial charge in [0, 0.05) is 10.4 Å². The Morgan fingerprint density at radius 1 is 1.00 bits per heavy atom. The molecule has 0 aliphatic heterocycles. The number of benzene rings is 2. The molecule has 0 saturated carbocycles. The van der Waals surface area contributed by atoms with Gasteiger partial charge in [-0.15, -0.1) is 11.3 Å². The number of hydroxylamine groups is 1. The SMILES string of the molecule is CCCc1ccc(-c2ccc(C(=O)NC(C(=O)NO)c3cccs3)cc2)cc1. The van der Waals surface area contributed by atoms with Crippen LogP contribution in [0.4, 0.5) is 0 Å². The van der Waals surface area contributed by atoms with Crippen molar-refractivity contribution in [1.82, 2.24) is 10.8 Å². The lowest BCUT2D eigenvalue weighted by Crippen LogP contribution is -2.38. The highest BCUT2D eigenvalue weighted by molar-refractivity contribution is 7.10.